The molecule has 1 aliphatic heterocycles. The maximum Gasteiger partial charge on any atom is 0.0764 e. The molecule has 1 saturated heterocycles. The summed E-state index contributed by atoms with van der Waals surface area (Å²) in [5.41, 5.74) is 1.07. The number of aliphatic hydroxyl groups is 1. The van der Waals surface area contributed by atoms with E-state index in [4.69, 9.17) is 0 Å². The lowest BCUT2D eigenvalue weighted by atomic mass is 10.2. The molecule has 1 aromatic rings. The van der Waals surface area contributed by atoms with Crippen LogP contribution in [-0.2, 0) is 13.6 Å². The van der Waals surface area contributed by atoms with E-state index in [0.717, 1.165) is 31.7 Å². The summed E-state index contributed by atoms with van der Waals surface area (Å²) in [5, 5.41) is 14.2. The molecule has 0 radical (unpaired) electrons. The summed E-state index contributed by atoms with van der Waals surface area (Å²) in [6, 6.07) is 2.47. The molecule has 0 aliphatic carbocycles. The second-order valence-electron chi connectivity index (χ2n) is 5.22. The average molecular weight is 238 g/mol. The molecule has 96 valence electrons. The summed E-state index contributed by atoms with van der Waals surface area (Å²) in [7, 11) is 6.08. The highest BCUT2D eigenvalue weighted by atomic mass is 16.3. The normalized spacial score (nSPS) is 25.9. The van der Waals surface area contributed by atoms with Crippen LogP contribution in [0.25, 0.3) is 0 Å². The van der Waals surface area contributed by atoms with Crippen LogP contribution in [0.1, 0.15) is 12.1 Å². The molecule has 2 heterocycles. The van der Waals surface area contributed by atoms with E-state index in [1.165, 1.54) is 0 Å². The first kappa shape index (κ1) is 12.5. The summed E-state index contributed by atoms with van der Waals surface area (Å²) < 4.78 is 1.82. The molecule has 2 rings (SSSR count). The van der Waals surface area contributed by atoms with Gasteiger partial charge in [0, 0.05) is 38.9 Å². The van der Waals surface area contributed by atoms with Crippen LogP contribution in [0.4, 0.5) is 0 Å². The van der Waals surface area contributed by atoms with Crippen LogP contribution in [0, 0.1) is 0 Å². The highest BCUT2D eigenvalue weighted by molar-refractivity contribution is 5.00. The molecule has 0 spiro atoms. The standard InChI is InChI=1S/C12H22N4O/c1-14(2)8-11-6-12(17)9-16(11)7-10-4-5-15(3)13-10/h4-5,11-12,17H,6-9H2,1-3H3. The number of nitrogens with zero attached hydrogens (tertiary/aromatic N) is 4. The van der Waals surface area contributed by atoms with E-state index in [0.29, 0.717) is 6.04 Å². The molecule has 0 amide bonds. The van der Waals surface area contributed by atoms with Gasteiger partial charge in [0.1, 0.15) is 0 Å². The Labute approximate surface area is 103 Å². The number of likely N-dealkylation sites (tertiary alicyclic amines) is 1. The lowest BCUT2D eigenvalue weighted by Crippen LogP contribution is -2.37. The molecule has 5 nitrogen and oxygen atoms in total. The zero-order chi connectivity index (χ0) is 12.4. The van der Waals surface area contributed by atoms with Gasteiger partial charge >= 0.3 is 0 Å². The van der Waals surface area contributed by atoms with Crippen molar-refractivity contribution in [3.05, 3.63) is 18.0 Å². The average Bonchev–Trinajstić information content (AvgIpc) is 2.74. The Hall–Kier alpha value is -0.910. The highest BCUT2D eigenvalue weighted by Crippen LogP contribution is 2.20. The van der Waals surface area contributed by atoms with Gasteiger partial charge in [-0.1, -0.05) is 0 Å². The molecule has 1 aliphatic rings. The van der Waals surface area contributed by atoms with E-state index in [1.807, 2.05) is 24.0 Å². The Morgan fingerprint density at radius 2 is 2.29 bits per heavy atom. The Morgan fingerprint density at radius 1 is 1.53 bits per heavy atom. The lowest BCUT2D eigenvalue weighted by molar-refractivity contribution is 0.168. The van der Waals surface area contributed by atoms with E-state index in [2.05, 4.69) is 29.0 Å². The smallest absolute Gasteiger partial charge is 0.0764 e. The summed E-state index contributed by atoms with van der Waals surface area (Å²) in [6.07, 6.45) is 2.64. The number of hydrogen-bond donors (Lipinski definition) is 1. The topological polar surface area (TPSA) is 44.5 Å². The van der Waals surface area contributed by atoms with Crippen molar-refractivity contribution in [3.8, 4) is 0 Å². The third-order valence-electron chi connectivity index (χ3n) is 3.22. The summed E-state index contributed by atoms with van der Waals surface area (Å²) in [4.78, 5) is 4.50. The van der Waals surface area contributed by atoms with Crippen LogP contribution in [0.2, 0.25) is 0 Å². The maximum atomic E-state index is 9.78. The van der Waals surface area contributed by atoms with E-state index < -0.39 is 0 Å². The third-order valence-corrected chi connectivity index (χ3v) is 3.22. The minimum Gasteiger partial charge on any atom is -0.392 e. The summed E-state index contributed by atoms with van der Waals surface area (Å²) >= 11 is 0. The number of likely N-dealkylation sites (N-methyl/N-ethyl adjacent to an activating group) is 1. The summed E-state index contributed by atoms with van der Waals surface area (Å²) in [6.45, 7) is 2.58. The van der Waals surface area contributed by atoms with Crippen molar-refractivity contribution < 1.29 is 5.11 Å². The number of aliphatic hydroxyl groups excluding tert-OH is 1. The van der Waals surface area contributed by atoms with Crippen LogP contribution in [-0.4, -0.2) is 64.0 Å². The van der Waals surface area contributed by atoms with Gasteiger partial charge in [0.25, 0.3) is 0 Å². The van der Waals surface area contributed by atoms with Crippen molar-refractivity contribution in [3.63, 3.8) is 0 Å². The van der Waals surface area contributed by atoms with Crippen LogP contribution in [0.5, 0.6) is 0 Å². The molecular formula is C12H22N4O. The van der Waals surface area contributed by atoms with E-state index in [1.54, 1.807) is 0 Å². The predicted octanol–water partition coefficient (Wildman–Crippen LogP) is -0.0831. The van der Waals surface area contributed by atoms with Gasteiger partial charge in [-0.05, 0) is 26.6 Å². The minimum atomic E-state index is -0.191. The second kappa shape index (κ2) is 5.16. The number of aryl methyl sites for hydroxylation is 1. The quantitative estimate of drug-likeness (QED) is 0.797. The van der Waals surface area contributed by atoms with Crippen LogP contribution >= 0.6 is 0 Å². The van der Waals surface area contributed by atoms with Gasteiger partial charge in [-0.25, -0.2) is 0 Å². The zero-order valence-corrected chi connectivity index (χ0v) is 10.9. The monoisotopic (exact) mass is 238 g/mol. The first-order valence-corrected chi connectivity index (χ1v) is 6.10. The molecule has 5 heteroatoms. The summed E-state index contributed by atoms with van der Waals surface area (Å²) in [5.74, 6) is 0. The Kier molecular flexibility index (Phi) is 3.81. The van der Waals surface area contributed by atoms with Crippen molar-refractivity contribution in [1.82, 2.24) is 19.6 Å². The molecule has 0 aromatic carbocycles. The lowest BCUT2D eigenvalue weighted by Gasteiger charge is -2.25. The molecule has 2 atom stereocenters. The minimum absolute atomic E-state index is 0.191. The van der Waals surface area contributed by atoms with E-state index >= 15 is 0 Å². The van der Waals surface area contributed by atoms with Crippen molar-refractivity contribution >= 4 is 0 Å². The highest BCUT2D eigenvalue weighted by Gasteiger charge is 2.31. The van der Waals surface area contributed by atoms with Crippen molar-refractivity contribution in [2.45, 2.75) is 25.1 Å². The van der Waals surface area contributed by atoms with Gasteiger partial charge in [-0.2, -0.15) is 5.10 Å². The van der Waals surface area contributed by atoms with E-state index in [-0.39, 0.29) is 6.10 Å². The maximum absolute atomic E-state index is 9.78. The second-order valence-corrected chi connectivity index (χ2v) is 5.22. The zero-order valence-electron chi connectivity index (χ0n) is 10.9. The molecule has 1 aromatic heterocycles. The van der Waals surface area contributed by atoms with Crippen LogP contribution in [0.15, 0.2) is 12.3 Å². The third kappa shape index (κ3) is 3.28. The molecule has 17 heavy (non-hydrogen) atoms. The predicted molar refractivity (Wildman–Crippen MR) is 66.6 cm³/mol. The first-order valence-electron chi connectivity index (χ1n) is 6.10. The molecule has 1 fully saturated rings. The molecular weight excluding hydrogens is 216 g/mol. The fourth-order valence-electron chi connectivity index (χ4n) is 2.52. The Balaban J connectivity index is 1.98. The SMILES string of the molecule is CN(C)CC1CC(O)CN1Cc1ccn(C)n1. The van der Waals surface area contributed by atoms with Gasteiger partial charge < -0.3 is 10.0 Å². The molecule has 0 saturated carbocycles. The number of rotatable bonds is 4. The number of β-amino-alcohol motifs (C(OH)–C–C–N with tert-alkyl or cyclic N) is 1. The molecule has 0 bridgehead atoms. The van der Waals surface area contributed by atoms with Crippen LogP contribution < -0.4 is 0 Å². The van der Waals surface area contributed by atoms with Crippen molar-refractivity contribution in [1.29, 1.82) is 0 Å². The van der Waals surface area contributed by atoms with Gasteiger partial charge in [-0.15, -0.1) is 0 Å². The fraction of sp³-hybridized carbons (Fsp3) is 0.750. The van der Waals surface area contributed by atoms with Gasteiger partial charge in [0.05, 0.1) is 11.8 Å². The fourth-order valence-corrected chi connectivity index (χ4v) is 2.52. The van der Waals surface area contributed by atoms with E-state index in [9.17, 15) is 5.11 Å². The van der Waals surface area contributed by atoms with Crippen LogP contribution in [0.3, 0.4) is 0 Å². The Bertz CT molecular complexity index is 363. The first-order chi connectivity index (χ1) is 8.04. The van der Waals surface area contributed by atoms with Gasteiger partial charge in [0.15, 0.2) is 0 Å². The largest absolute Gasteiger partial charge is 0.392 e. The van der Waals surface area contributed by atoms with Crippen molar-refractivity contribution in [2.24, 2.45) is 7.05 Å². The number of aromatic nitrogens is 2. The van der Waals surface area contributed by atoms with Gasteiger partial charge in [0.2, 0.25) is 0 Å². The Morgan fingerprint density at radius 3 is 2.88 bits per heavy atom. The number of hydrogen-bond acceptors (Lipinski definition) is 4. The van der Waals surface area contributed by atoms with Crippen molar-refractivity contribution in [2.75, 3.05) is 27.2 Å². The van der Waals surface area contributed by atoms with Gasteiger partial charge in [-0.3, -0.25) is 9.58 Å². The molecule has 1 N–H and O–H groups in total. The molecule has 2 unspecified atom stereocenters.